The van der Waals surface area contributed by atoms with Crippen molar-refractivity contribution >= 4 is 17.7 Å². The number of carboxylic acids is 1. The number of aliphatic carboxylic acids is 1. The molecule has 0 aliphatic carbocycles. The molecular formula is C17H18F2N4O6. The zero-order valence-electron chi connectivity index (χ0n) is 15.5. The Kier molecular flexibility index (Phi) is 5.24. The van der Waals surface area contributed by atoms with Crippen LogP contribution < -0.4 is 10.5 Å². The molecule has 0 aromatic carbocycles. The summed E-state index contributed by atoms with van der Waals surface area (Å²) < 4.78 is 32.7. The summed E-state index contributed by atoms with van der Waals surface area (Å²) in [6.07, 6.45) is -0.699. The number of amides is 1. The van der Waals surface area contributed by atoms with Gasteiger partial charge in [-0.2, -0.15) is 8.78 Å². The maximum absolute atomic E-state index is 13.0. The Labute approximate surface area is 162 Å². The van der Waals surface area contributed by atoms with Gasteiger partial charge in [0.1, 0.15) is 0 Å². The van der Waals surface area contributed by atoms with Gasteiger partial charge in [0.2, 0.25) is 0 Å². The number of pyridine rings is 1. The fraction of sp³-hybridized carbons (Fsp3) is 0.412. The Morgan fingerprint density at radius 2 is 2.07 bits per heavy atom. The SMILES string of the molecule is Cc1cc(N2CCOC(C(C)(O)C(=O)O)C2=O)nn1-c1ccc(=O)n(C(F)F)c1. The number of ether oxygens (including phenoxy) is 1. The number of halogens is 2. The number of hydrogen-bond donors (Lipinski definition) is 2. The predicted octanol–water partition coefficient (Wildman–Crippen LogP) is 0.305. The highest BCUT2D eigenvalue weighted by Crippen LogP contribution is 2.25. The van der Waals surface area contributed by atoms with Crippen molar-refractivity contribution < 1.29 is 33.3 Å². The van der Waals surface area contributed by atoms with Crippen molar-refractivity contribution in [1.29, 1.82) is 0 Å². The first-order valence-corrected chi connectivity index (χ1v) is 8.50. The van der Waals surface area contributed by atoms with Gasteiger partial charge in [-0.25, -0.2) is 9.48 Å². The summed E-state index contributed by atoms with van der Waals surface area (Å²) in [4.78, 5) is 36.6. The molecule has 2 N–H and O–H groups in total. The summed E-state index contributed by atoms with van der Waals surface area (Å²) >= 11 is 0. The van der Waals surface area contributed by atoms with Crippen molar-refractivity contribution in [1.82, 2.24) is 14.3 Å². The lowest BCUT2D eigenvalue weighted by atomic mass is 9.97. The van der Waals surface area contributed by atoms with Crippen LogP contribution in [-0.4, -0.2) is 61.3 Å². The molecule has 2 atom stereocenters. The zero-order valence-corrected chi connectivity index (χ0v) is 15.5. The molecule has 1 saturated heterocycles. The van der Waals surface area contributed by atoms with Crippen LogP contribution in [0.1, 0.15) is 19.2 Å². The van der Waals surface area contributed by atoms with E-state index >= 15 is 0 Å². The Morgan fingerprint density at radius 3 is 2.69 bits per heavy atom. The second kappa shape index (κ2) is 7.37. The molecule has 0 radical (unpaired) electrons. The number of rotatable bonds is 5. The van der Waals surface area contributed by atoms with E-state index in [9.17, 15) is 28.3 Å². The minimum absolute atomic E-state index is 0.0397. The minimum atomic E-state index is -3.03. The molecule has 3 heterocycles. The Bertz CT molecular complexity index is 1020. The van der Waals surface area contributed by atoms with Crippen molar-refractivity contribution in [3.63, 3.8) is 0 Å². The molecule has 2 aromatic heterocycles. The number of morpholine rings is 1. The molecule has 156 valence electrons. The molecule has 2 aromatic rings. The maximum atomic E-state index is 13.0. The van der Waals surface area contributed by atoms with Gasteiger partial charge in [-0.1, -0.05) is 0 Å². The lowest BCUT2D eigenvalue weighted by Crippen LogP contribution is -2.60. The second-order valence-corrected chi connectivity index (χ2v) is 6.66. The third kappa shape index (κ3) is 3.63. The van der Waals surface area contributed by atoms with E-state index in [0.29, 0.717) is 5.69 Å². The molecular weight excluding hydrogens is 394 g/mol. The van der Waals surface area contributed by atoms with E-state index in [1.807, 2.05) is 0 Å². The van der Waals surface area contributed by atoms with Crippen molar-refractivity contribution in [3.05, 3.63) is 40.4 Å². The van der Waals surface area contributed by atoms with Crippen molar-refractivity contribution in [3.8, 4) is 5.69 Å². The number of aryl methyl sites for hydroxylation is 1. The first-order valence-electron chi connectivity index (χ1n) is 8.50. The summed E-state index contributed by atoms with van der Waals surface area (Å²) in [5.41, 5.74) is -2.68. The largest absolute Gasteiger partial charge is 0.479 e. The van der Waals surface area contributed by atoms with Crippen LogP contribution in [-0.2, 0) is 14.3 Å². The quantitative estimate of drug-likeness (QED) is 0.723. The van der Waals surface area contributed by atoms with Gasteiger partial charge in [0.25, 0.3) is 11.5 Å². The van der Waals surface area contributed by atoms with E-state index in [4.69, 9.17) is 9.84 Å². The van der Waals surface area contributed by atoms with Crippen LogP contribution in [0.5, 0.6) is 0 Å². The summed E-state index contributed by atoms with van der Waals surface area (Å²) in [6, 6.07) is 3.78. The molecule has 0 spiro atoms. The Balaban J connectivity index is 1.96. The van der Waals surface area contributed by atoms with Crippen LogP contribution in [0.4, 0.5) is 14.6 Å². The first kappa shape index (κ1) is 20.6. The fourth-order valence-corrected chi connectivity index (χ4v) is 2.95. The smallest absolute Gasteiger partial charge is 0.338 e. The van der Waals surface area contributed by atoms with Gasteiger partial charge < -0.3 is 14.9 Å². The van der Waals surface area contributed by atoms with Gasteiger partial charge in [0, 0.05) is 24.0 Å². The molecule has 1 aliphatic rings. The fourth-order valence-electron chi connectivity index (χ4n) is 2.95. The molecule has 0 saturated carbocycles. The van der Waals surface area contributed by atoms with E-state index in [1.54, 1.807) is 6.92 Å². The lowest BCUT2D eigenvalue weighted by Gasteiger charge is -2.36. The summed E-state index contributed by atoms with van der Waals surface area (Å²) in [6.45, 7) is -0.444. The Morgan fingerprint density at radius 1 is 1.38 bits per heavy atom. The number of nitrogens with zero attached hydrogens (tertiary/aromatic N) is 4. The standard InChI is InChI=1S/C17H18F2N4O6/c1-9-7-11(20-23(9)10-3-4-12(24)22(8-10)16(18)19)21-5-6-29-13(14(21)25)17(2,28)15(26)27/h3-4,7-8,13,16,28H,5-6H2,1-2H3,(H,26,27). The third-order valence-electron chi connectivity index (χ3n) is 4.56. The molecule has 10 nitrogen and oxygen atoms in total. The van der Waals surface area contributed by atoms with E-state index in [1.165, 1.54) is 16.8 Å². The number of aromatic nitrogens is 3. The second-order valence-electron chi connectivity index (χ2n) is 6.66. The maximum Gasteiger partial charge on any atom is 0.338 e. The van der Waals surface area contributed by atoms with E-state index in [-0.39, 0.29) is 29.2 Å². The number of alkyl halides is 2. The predicted molar refractivity (Wildman–Crippen MR) is 94.2 cm³/mol. The van der Waals surface area contributed by atoms with Gasteiger partial charge in [0.15, 0.2) is 17.5 Å². The molecule has 1 fully saturated rings. The summed E-state index contributed by atoms with van der Waals surface area (Å²) in [5.74, 6) is -2.30. The van der Waals surface area contributed by atoms with Gasteiger partial charge in [-0.05, 0) is 19.9 Å². The van der Waals surface area contributed by atoms with Crippen LogP contribution in [0.15, 0.2) is 29.2 Å². The summed E-state index contributed by atoms with van der Waals surface area (Å²) in [5, 5.41) is 23.5. The number of carboxylic acid groups (broad SMARTS) is 1. The van der Waals surface area contributed by atoms with Crippen molar-refractivity contribution in [2.45, 2.75) is 32.1 Å². The van der Waals surface area contributed by atoms with E-state index in [0.717, 1.165) is 24.1 Å². The third-order valence-corrected chi connectivity index (χ3v) is 4.56. The van der Waals surface area contributed by atoms with Gasteiger partial charge in [0.05, 0.1) is 18.8 Å². The molecule has 2 unspecified atom stereocenters. The average molecular weight is 412 g/mol. The topological polar surface area (TPSA) is 127 Å². The minimum Gasteiger partial charge on any atom is -0.479 e. The van der Waals surface area contributed by atoms with Crippen molar-refractivity contribution in [2.24, 2.45) is 0 Å². The van der Waals surface area contributed by atoms with E-state index < -0.39 is 35.7 Å². The van der Waals surface area contributed by atoms with Gasteiger partial charge >= 0.3 is 12.5 Å². The molecule has 0 bridgehead atoms. The normalized spacial score (nSPS) is 19.4. The molecule has 1 aliphatic heterocycles. The highest BCUT2D eigenvalue weighted by Gasteiger charge is 2.49. The number of carbonyl (C=O) groups excluding carboxylic acids is 1. The van der Waals surface area contributed by atoms with Crippen molar-refractivity contribution in [2.75, 3.05) is 18.1 Å². The molecule has 3 rings (SSSR count). The van der Waals surface area contributed by atoms with Gasteiger partial charge in [-0.15, -0.1) is 5.10 Å². The number of hydrogen-bond acceptors (Lipinski definition) is 6. The zero-order chi connectivity index (χ0) is 21.5. The molecule has 1 amide bonds. The van der Waals surface area contributed by atoms with Crippen LogP contribution in [0.3, 0.4) is 0 Å². The lowest BCUT2D eigenvalue weighted by molar-refractivity contribution is -0.180. The summed E-state index contributed by atoms with van der Waals surface area (Å²) in [7, 11) is 0. The van der Waals surface area contributed by atoms with Crippen LogP contribution >= 0.6 is 0 Å². The number of aliphatic hydroxyl groups is 1. The van der Waals surface area contributed by atoms with Gasteiger partial charge in [-0.3, -0.25) is 19.1 Å². The first-order chi connectivity index (χ1) is 13.5. The van der Waals surface area contributed by atoms with Crippen LogP contribution in [0, 0.1) is 6.92 Å². The number of carbonyl (C=O) groups is 2. The Hall–Kier alpha value is -3.12. The molecule has 29 heavy (non-hydrogen) atoms. The highest BCUT2D eigenvalue weighted by atomic mass is 19.3. The monoisotopic (exact) mass is 412 g/mol. The molecule has 12 heteroatoms. The highest BCUT2D eigenvalue weighted by molar-refractivity contribution is 6.00. The number of anilines is 1. The van der Waals surface area contributed by atoms with Crippen LogP contribution in [0.25, 0.3) is 5.69 Å². The van der Waals surface area contributed by atoms with Crippen LogP contribution in [0.2, 0.25) is 0 Å². The average Bonchev–Trinajstić information content (AvgIpc) is 3.03. The van der Waals surface area contributed by atoms with E-state index in [2.05, 4.69) is 5.10 Å².